The number of nitrogen functional groups attached to an aromatic ring is 1. The Kier molecular flexibility index (Phi) is 4.03. The molecule has 0 aromatic carbocycles. The summed E-state index contributed by atoms with van der Waals surface area (Å²) in [6.45, 7) is 0.911. The van der Waals surface area contributed by atoms with Gasteiger partial charge < -0.3 is 10.7 Å². The van der Waals surface area contributed by atoms with Crippen molar-refractivity contribution in [3.8, 4) is 11.4 Å². The summed E-state index contributed by atoms with van der Waals surface area (Å²) >= 11 is 0. The molecule has 5 heterocycles. The van der Waals surface area contributed by atoms with E-state index in [0.717, 1.165) is 16.7 Å². The van der Waals surface area contributed by atoms with Crippen LogP contribution in [0.5, 0.6) is 0 Å². The molecule has 11 heteroatoms. The molecule has 1 saturated heterocycles. The van der Waals surface area contributed by atoms with Gasteiger partial charge in [0.2, 0.25) is 10.0 Å². The molecule has 0 atom stereocenters. The first kappa shape index (κ1) is 18.0. The molecule has 0 bridgehead atoms. The fourth-order valence-corrected chi connectivity index (χ4v) is 4.82. The summed E-state index contributed by atoms with van der Waals surface area (Å²) < 4.78 is 27.0. The number of rotatable bonds is 3. The highest BCUT2D eigenvalue weighted by Gasteiger charge is 2.29. The molecule has 1 aliphatic rings. The average molecular weight is 412 g/mol. The Morgan fingerprint density at radius 1 is 1.21 bits per heavy atom. The quantitative estimate of drug-likeness (QED) is 0.521. The van der Waals surface area contributed by atoms with Crippen LogP contribution in [0.4, 0.5) is 5.82 Å². The SMILES string of the molecule is CS(=O)(=O)N1CCC(n2nc(-c3cc4cccnc4[nH]3)c3c(N)ncnc32)CC1. The standard InChI is InChI=1S/C18H20N8O2S/c1-29(27,28)25-7-4-12(5-8-25)26-18-14(16(19)21-10-22-18)15(24-26)13-9-11-3-2-6-20-17(11)23-13/h2-3,6,9-10,12H,4-5,7-8H2,1H3,(H,20,23)(H2,19,21,22). The van der Waals surface area contributed by atoms with Crippen molar-refractivity contribution in [3.05, 3.63) is 30.7 Å². The summed E-state index contributed by atoms with van der Waals surface area (Å²) in [5.41, 5.74) is 9.06. The van der Waals surface area contributed by atoms with Crippen LogP contribution in [0.3, 0.4) is 0 Å². The van der Waals surface area contributed by atoms with Crippen LogP contribution in [0.1, 0.15) is 18.9 Å². The van der Waals surface area contributed by atoms with Gasteiger partial charge in [0.15, 0.2) is 5.65 Å². The van der Waals surface area contributed by atoms with Crippen LogP contribution in [0.2, 0.25) is 0 Å². The summed E-state index contributed by atoms with van der Waals surface area (Å²) in [6.07, 6.45) is 5.71. The maximum absolute atomic E-state index is 11.8. The zero-order valence-corrected chi connectivity index (χ0v) is 16.6. The molecule has 0 spiro atoms. The van der Waals surface area contributed by atoms with Gasteiger partial charge in [-0.3, -0.25) is 0 Å². The lowest BCUT2D eigenvalue weighted by Gasteiger charge is -2.30. The summed E-state index contributed by atoms with van der Waals surface area (Å²) in [4.78, 5) is 16.2. The lowest BCUT2D eigenvalue weighted by molar-refractivity contribution is 0.266. The molecule has 29 heavy (non-hydrogen) atoms. The van der Waals surface area contributed by atoms with Gasteiger partial charge in [0.05, 0.1) is 23.4 Å². The predicted octanol–water partition coefficient (Wildman–Crippen LogP) is 1.55. The molecule has 0 amide bonds. The summed E-state index contributed by atoms with van der Waals surface area (Å²) in [7, 11) is -3.19. The molecule has 4 aromatic heterocycles. The third-order valence-corrected chi connectivity index (χ3v) is 6.71. The number of H-pyrrole nitrogens is 1. The molecule has 0 aliphatic carbocycles. The third-order valence-electron chi connectivity index (χ3n) is 5.40. The Labute approximate surface area is 166 Å². The number of hydrogen-bond acceptors (Lipinski definition) is 7. The Morgan fingerprint density at radius 2 is 2.00 bits per heavy atom. The second kappa shape index (κ2) is 6.49. The van der Waals surface area contributed by atoms with Crippen LogP contribution in [0.15, 0.2) is 30.7 Å². The van der Waals surface area contributed by atoms with Crippen molar-refractivity contribution in [1.82, 2.24) is 34.0 Å². The normalized spacial score (nSPS) is 16.7. The highest BCUT2D eigenvalue weighted by molar-refractivity contribution is 7.88. The van der Waals surface area contributed by atoms with Crippen molar-refractivity contribution in [2.24, 2.45) is 0 Å². The van der Waals surface area contributed by atoms with Crippen LogP contribution in [0.25, 0.3) is 33.5 Å². The van der Waals surface area contributed by atoms with Crippen molar-refractivity contribution >= 4 is 37.9 Å². The Hall–Kier alpha value is -3.05. The molecular formula is C18H20N8O2S. The lowest BCUT2D eigenvalue weighted by Crippen LogP contribution is -2.38. The maximum atomic E-state index is 11.8. The molecule has 0 unspecified atom stereocenters. The predicted molar refractivity (Wildman–Crippen MR) is 110 cm³/mol. The molecule has 3 N–H and O–H groups in total. The minimum absolute atomic E-state index is 0.0288. The maximum Gasteiger partial charge on any atom is 0.211 e. The number of nitrogens with two attached hydrogens (primary N) is 1. The first-order chi connectivity index (χ1) is 13.9. The van der Waals surface area contributed by atoms with Gasteiger partial charge in [0, 0.05) is 24.7 Å². The number of nitrogens with zero attached hydrogens (tertiary/aromatic N) is 6. The van der Waals surface area contributed by atoms with Crippen molar-refractivity contribution in [1.29, 1.82) is 0 Å². The van der Waals surface area contributed by atoms with E-state index in [1.807, 2.05) is 22.9 Å². The number of fused-ring (bicyclic) bond motifs is 2. The van der Waals surface area contributed by atoms with E-state index in [4.69, 9.17) is 10.8 Å². The van der Waals surface area contributed by atoms with Crippen LogP contribution in [0, 0.1) is 0 Å². The number of piperidine rings is 1. The highest BCUT2D eigenvalue weighted by atomic mass is 32.2. The van der Waals surface area contributed by atoms with Crippen molar-refractivity contribution in [2.75, 3.05) is 25.1 Å². The molecular weight excluding hydrogens is 392 g/mol. The molecule has 0 radical (unpaired) electrons. The van der Waals surface area contributed by atoms with Crippen LogP contribution in [-0.4, -0.2) is 61.8 Å². The second-order valence-corrected chi connectivity index (χ2v) is 9.25. The number of aromatic amines is 1. The monoisotopic (exact) mass is 412 g/mol. The van der Waals surface area contributed by atoms with E-state index >= 15 is 0 Å². The molecule has 5 rings (SSSR count). The summed E-state index contributed by atoms with van der Waals surface area (Å²) in [6, 6.07) is 5.86. The lowest BCUT2D eigenvalue weighted by atomic mass is 10.1. The molecule has 10 nitrogen and oxygen atoms in total. The summed E-state index contributed by atoms with van der Waals surface area (Å²) in [5.74, 6) is 0.358. The first-order valence-electron chi connectivity index (χ1n) is 9.30. The van der Waals surface area contributed by atoms with Crippen molar-refractivity contribution < 1.29 is 8.42 Å². The molecule has 1 fully saturated rings. The van der Waals surface area contributed by atoms with Gasteiger partial charge in [0.25, 0.3) is 0 Å². The van der Waals surface area contributed by atoms with E-state index in [9.17, 15) is 8.42 Å². The smallest absolute Gasteiger partial charge is 0.211 e. The van der Waals surface area contributed by atoms with Gasteiger partial charge in [-0.15, -0.1) is 0 Å². The van der Waals surface area contributed by atoms with Crippen LogP contribution >= 0.6 is 0 Å². The number of aromatic nitrogens is 6. The number of anilines is 1. The average Bonchev–Trinajstić information content (AvgIpc) is 3.29. The number of pyridine rings is 1. The molecule has 4 aromatic rings. The first-order valence-corrected chi connectivity index (χ1v) is 11.1. The van der Waals surface area contributed by atoms with Crippen LogP contribution in [-0.2, 0) is 10.0 Å². The van der Waals surface area contributed by atoms with Crippen molar-refractivity contribution in [2.45, 2.75) is 18.9 Å². The van der Waals surface area contributed by atoms with E-state index < -0.39 is 10.0 Å². The fraction of sp³-hybridized carbons (Fsp3) is 0.333. The minimum atomic E-state index is -3.19. The third kappa shape index (κ3) is 3.02. The molecule has 1 aliphatic heterocycles. The van der Waals surface area contributed by atoms with Gasteiger partial charge in [0.1, 0.15) is 23.5 Å². The largest absolute Gasteiger partial charge is 0.383 e. The van der Waals surface area contributed by atoms with Gasteiger partial charge in [-0.05, 0) is 31.0 Å². The van der Waals surface area contributed by atoms with E-state index in [1.165, 1.54) is 16.9 Å². The highest BCUT2D eigenvalue weighted by Crippen LogP contribution is 2.34. The zero-order chi connectivity index (χ0) is 20.2. The topological polar surface area (TPSA) is 136 Å². The van der Waals surface area contributed by atoms with E-state index in [1.54, 1.807) is 6.20 Å². The molecule has 0 saturated carbocycles. The van der Waals surface area contributed by atoms with Gasteiger partial charge >= 0.3 is 0 Å². The zero-order valence-electron chi connectivity index (χ0n) is 15.8. The Bertz CT molecular complexity index is 1290. The number of hydrogen-bond donors (Lipinski definition) is 2. The van der Waals surface area contributed by atoms with Gasteiger partial charge in [-0.25, -0.2) is 32.4 Å². The van der Waals surface area contributed by atoms with Crippen molar-refractivity contribution in [3.63, 3.8) is 0 Å². The van der Waals surface area contributed by atoms with Gasteiger partial charge in [-0.1, -0.05) is 0 Å². The summed E-state index contributed by atoms with van der Waals surface area (Å²) in [5, 5.41) is 6.49. The second-order valence-electron chi connectivity index (χ2n) is 7.27. The number of nitrogens with one attached hydrogen (secondary N) is 1. The number of sulfonamides is 1. The van der Waals surface area contributed by atoms with Crippen LogP contribution < -0.4 is 5.73 Å². The van der Waals surface area contributed by atoms with Gasteiger partial charge in [-0.2, -0.15) is 5.10 Å². The Balaban J connectivity index is 1.60. The molecule has 150 valence electrons. The van der Waals surface area contributed by atoms with E-state index in [2.05, 4.69) is 19.9 Å². The van der Waals surface area contributed by atoms with E-state index in [0.29, 0.717) is 48.5 Å². The Morgan fingerprint density at radius 3 is 2.72 bits per heavy atom. The minimum Gasteiger partial charge on any atom is -0.383 e. The fourth-order valence-electron chi connectivity index (χ4n) is 3.94. The van der Waals surface area contributed by atoms with E-state index in [-0.39, 0.29) is 6.04 Å².